The van der Waals surface area contributed by atoms with Crippen molar-refractivity contribution < 1.29 is 4.79 Å². The Morgan fingerprint density at radius 3 is 2.85 bits per heavy atom. The molecule has 2 aromatic rings. The number of benzene rings is 2. The van der Waals surface area contributed by atoms with E-state index >= 15 is 0 Å². The van der Waals surface area contributed by atoms with E-state index in [1.807, 2.05) is 0 Å². The highest BCUT2D eigenvalue weighted by molar-refractivity contribution is 5.84. The molecule has 1 atom stereocenters. The molecule has 2 N–H and O–H groups in total. The minimum atomic E-state index is -0.00175. The van der Waals surface area contributed by atoms with Gasteiger partial charge in [-0.05, 0) is 48.7 Å². The Kier molecular flexibility index (Phi) is 3.70. The molecule has 3 rings (SSSR count). The zero-order chi connectivity index (χ0) is 13.9. The summed E-state index contributed by atoms with van der Waals surface area (Å²) in [4.78, 5) is 12.0. The minimum absolute atomic E-state index is 0.00175. The smallest absolute Gasteiger partial charge is 0.237 e. The molecule has 1 heterocycles. The monoisotopic (exact) mass is 268 g/mol. The molecule has 104 valence electrons. The normalized spacial score (nSPS) is 18.4. The lowest BCUT2D eigenvalue weighted by Crippen LogP contribution is -2.39. The zero-order valence-corrected chi connectivity index (χ0v) is 11.8. The highest BCUT2D eigenvalue weighted by atomic mass is 16.2. The van der Waals surface area contributed by atoms with Gasteiger partial charge in [-0.2, -0.15) is 0 Å². The van der Waals surface area contributed by atoms with Crippen molar-refractivity contribution in [2.24, 2.45) is 0 Å². The molecular formula is C17H20N2O. The predicted molar refractivity (Wildman–Crippen MR) is 81.6 cm³/mol. The van der Waals surface area contributed by atoms with Crippen LogP contribution in [0, 0.1) is 6.92 Å². The van der Waals surface area contributed by atoms with Crippen molar-refractivity contribution in [1.82, 2.24) is 10.6 Å². The lowest BCUT2D eigenvalue weighted by Gasteiger charge is -2.11. The topological polar surface area (TPSA) is 41.1 Å². The highest BCUT2D eigenvalue weighted by Crippen LogP contribution is 2.17. The van der Waals surface area contributed by atoms with Crippen LogP contribution in [0.4, 0.5) is 0 Å². The number of rotatable bonds is 3. The molecule has 0 aliphatic carbocycles. The zero-order valence-electron chi connectivity index (χ0n) is 11.8. The summed E-state index contributed by atoms with van der Waals surface area (Å²) < 4.78 is 0. The number of hydrogen-bond acceptors (Lipinski definition) is 2. The van der Waals surface area contributed by atoms with Gasteiger partial charge >= 0.3 is 0 Å². The quantitative estimate of drug-likeness (QED) is 0.898. The van der Waals surface area contributed by atoms with Crippen molar-refractivity contribution in [3.63, 3.8) is 0 Å². The molecule has 1 aliphatic rings. The second kappa shape index (κ2) is 5.63. The van der Waals surface area contributed by atoms with Crippen molar-refractivity contribution >= 4 is 16.7 Å². The first-order valence-electron chi connectivity index (χ1n) is 7.23. The van der Waals surface area contributed by atoms with Crippen molar-refractivity contribution in [3.8, 4) is 0 Å². The number of carbonyl (C=O) groups is 1. The van der Waals surface area contributed by atoms with Gasteiger partial charge in [0.1, 0.15) is 0 Å². The Labute approximate surface area is 119 Å². The predicted octanol–water partition coefficient (Wildman–Crippen LogP) is 2.52. The van der Waals surface area contributed by atoms with Gasteiger partial charge < -0.3 is 10.6 Å². The first-order valence-corrected chi connectivity index (χ1v) is 7.23. The van der Waals surface area contributed by atoms with Gasteiger partial charge in [0.2, 0.25) is 5.91 Å². The Morgan fingerprint density at radius 2 is 2.05 bits per heavy atom. The first kappa shape index (κ1) is 13.1. The molecule has 1 saturated heterocycles. The molecule has 0 radical (unpaired) electrons. The molecule has 0 spiro atoms. The molecule has 1 amide bonds. The van der Waals surface area contributed by atoms with Gasteiger partial charge in [0.25, 0.3) is 0 Å². The molecule has 0 bridgehead atoms. The summed E-state index contributed by atoms with van der Waals surface area (Å²) in [5.41, 5.74) is 2.42. The van der Waals surface area contributed by atoms with Gasteiger partial charge in [-0.3, -0.25) is 4.79 Å². The van der Waals surface area contributed by atoms with E-state index in [1.165, 1.54) is 16.3 Å². The number of amides is 1. The van der Waals surface area contributed by atoms with E-state index in [4.69, 9.17) is 0 Å². The Balaban J connectivity index is 1.68. The minimum Gasteiger partial charge on any atom is -0.351 e. The van der Waals surface area contributed by atoms with Crippen LogP contribution in [0.15, 0.2) is 36.4 Å². The van der Waals surface area contributed by atoms with E-state index in [0.717, 1.165) is 24.9 Å². The van der Waals surface area contributed by atoms with E-state index in [0.29, 0.717) is 6.54 Å². The van der Waals surface area contributed by atoms with Crippen molar-refractivity contribution in [2.45, 2.75) is 32.4 Å². The first-order chi connectivity index (χ1) is 9.72. The molecule has 1 aliphatic heterocycles. The van der Waals surface area contributed by atoms with Gasteiger partial charge in [-0.25, -0.2) is 0 Å². The number of aryl methyl sites for hydroxylation is 1. The molecule has 1 fully saturated rings. The summed E-state index contributed by atoms with van der Waals surface area (Å²) in [7, 11) is 0. The van der Waals surface area contributed by atoms with Crippen molar-refractivity contribution in [3.05, 3.63) is 47.5 Å². The fraction of sp³-hybridized carbons (Fsp3) is 0.353. The molecule has 1 unspecified atom stereocenters. The van der Waals surface area contributed by atoms with Crippen LogP contribution < -0.4 is 10.6 Å². The molecular weight excluding hydrogens is 248 g/mol. The fourth-order valence-electron chi connectivity index (χ4n) is 2.75. The van der Waals surface area contributed by atoms with Gasteiger partial charge in [0.15, 0.2) is 0 Å². The van der Waals surface area contributed by atoms with Gasteiger partial charge in [0, 0.05) is 6.54 Å². The van der Waals surface area contributed by atoms with Gasteiger partial charge in [-0.15, -0.1) is 0 Å². The third-order valence-electron chi connectivity index (χ3n) is 3.90. The Bertz CT molecular complexity index is 630. The summed E-state index contributed by atoms with van der Waals surface area (Å²) >= 11 is 0. The van der Waals surface area contributed by atoms with Crippen LogP contribution in [0.3, 0.4) is 0 Å². The van der Waals surface area contributed by atoms with E-state index in [-0.39, 0.29) is 11.9 Å². The lowest BCUT2D eigenvalue weighted by molar-refractivity contribution is -0.122. The second-order valence-corrected chi connectivity index (χ2v) is 5.55. The van der Waals surface area contributed by atoms with Crippen molar-refractivity contribution in [2.75, 3.05) is 6.54 Å². The summed E-state index contributed by atoms with van der Waals surface area (Å²) in [6, 6.07) is 12.8. The van der Waals surface area contributed by atoms with Gasteiger partial charge in [-0.1, -0.05) is 35.9 Å². The fourth-order valence-corrected chi connectivity index (χ4v) is 2.75. The van der Waals surface area contributed by atoms with Crippen molar-refractivity contribution in [1.29, 1.82) is 0 Å². The van der Waals surface area contributed by atoms with E-state index < -0.39 is 0 Å². The number of hydrogen-bond donors (Lipinski definition) is 2. The van der Waals surface area contributed by atoms with E-state index in [9.17, 15) is 4.79 Å². The average molecular weight is 268 g/mol. The Morgan fingerprint density at radius 1 is 1.25 bits per heavy atom. The number of carbonyl (C=O) groups excluding carboxylic acids is 1. The number of fused-ring (bicyclic) bond motifs is 1. The van der Waals surface area contributed by atoms with Gasteiger partial charge in [0.05, 0.1) is 6.04 Å². The third kappa shape index (κ3) is 2.83. The highest BCUT2D eigenvalue weighted by Gasteiger charge is 2.21. The average Bonchev–Trinajstić information content (AvgIpc) is 2.99. The van der Waals surface area contributed by atoms with Crippen LogP contribution in [0.2, 0.25) is 0 Å². The van der Waals surface area contributed by atoms with Crippen LogP contribution in [-0.4, -0.2) is 18.5 Å². The SMILES string of the molecule is Cc1ccc2cc(CNC(=O)C3CCCN3)ccc2c1. The van der Waals surface area contributed by atoms with Crippen LogP contribution in [0.25, 0.3) is 10.8 Å². The standard InChI is InChI=1S/C17H20N2O/c1-12-4-6-15-10-13(5-7-14(15)9-12)11-19-17(20)16-3-2-8-18-16/h4-7,9-10,16,18H,2-3,8,11H2,1H3,(H,19,20). The van der Waals surface area contributed by atoms with Crippen LogP contribution in [0.5, 0.6) is 0 Å². The molecule has 3 heteroatoms. The molecule has 0 saturated carbocycles. The van der Waals surface area contributed by atoms with Crippen LogP contribution in [-0.2, 0) is 11.3 Å². The molecule has 2 aromatic carbocycles. The summed E-state index contributed by atoms with van der Waals surface area (Å²) in [6.07, 6.45) is 2.04. The largest absolute Gasteiger partial charge is 0.351 e. The molecule has 0 aromatic heterocycles. The number of nitrogens with one attached hydrogen (secondary N) is 2. The maximum atomic E-state index is 12.0. The maximum Gasteiger partial charge on any atom is 0.237 e. The summed E-state index contributed by atoms with van der Waals surface area (Å²) in [5, 5.41) is 8.70. The summed E-state index contributed by atoms with van der Waals surface area (Å²) in [5.74, 6) is 0.117. The second-order valence-electron chi connectivity index (χ2n) is 5.55. The summed E-state index contributed by atoms with van der Waals surface area (Å²) in [6.45, 7) is 3.65. The third-order valence-corrected chi connectivity index (χ3v) is 3.90. The van der Waals surface area contributed by atoms with Crippen LogP contribution >= 0.6 is 0 Å². The van der Waals surface area contributed by atoms with Crippen LogP contribution in [0.1, 0.15) is 24.0 Å². The maximum absolute atomic E-state index is 12.0. The van der Waals surface area contributed by atoms with E-state index in [1.54, 1.807) is 0 Å². The lowest BCUT2D eigenvalue weighted by atomic mass is 10.0. The van der Waals surface area contributed by atoms with E-state index in [2.05, 4.69) is 54.0 Å². The molecule has 20 heavy (non-hydrogen) atoms. The molecule has 3 nitrogen and oxygen atoms in total. The Hall–Kier alpha value is -1.87.